The molecule has 172 valence electrons. The Kier molecular flexibility index (Phi) is 6.47. The van der Waals surface area contributed by atoms with Crippen LogP contribution in [0.3, 0.4) is 0 Å². The van der Waals surface area contributed by atoms with Gasteiger partial charge < -0.3 is 0 Å². The van der Waals surface area contributed by atoms with Crippen LogP contribution in [0.4, 0.5) is 20.0 Å². The van der Waals surface area contributed by atoms with E-state index in [1.54, 1.807) is 16.8 Å². The highest BCUT2D eigenvalue weighted by molar-refractivity contribution is 7.20. The molecule has 0 bridgehead atoms. The maximum absolute atomic E-state index is 13.5. The fourth-order valence-corrected chi connectivity index (χ4v) is 4.95. The zero-order valence-electron chi connectivity index (χ0n) is 18.3. The quantitative estimate of drug-likeness (QED) is 0.262. The van der Waals surface area contributed by atoms with Gasteiger partial charge in [0.15, 0.2) is 5.65 Å². The number of rotatable bonds is 5. The first-order chi connectivity index (χ1) is 15.6. The summed E-state index contributed by atoms with van der Waals surface area (Å²) in [5, 5.41) is 8.72. The van der Waals surface area contributed by atoms with Gasteiger partial charge in [0.25, 0.3) is 0 Å². The van der Waals surface area contributed by atoms with Crippen molar-refractivity contribution in [1.29, 1.82) is 0 Å². The van der Waals surface area contributed by atoms with Crippen molar-refractivity contribution in [3.63, 3.8) is 0 Å². The van der Waals surface area contributed by atoms with Gasteiger partial charge in [-0.05, 0) is 48.2 Å². The molecule has 2 amide bonds. The van der Waals surface area contributed by atoms with Crippen molar-refractivity contribution in [2.45, 2.75) is 26.7 Å². The van der Waals surface area contributed by atoms with Crippen LogP contribution < -0.4 is 16.2 Å². The third-order valence-electron chi connectivity index (χ3n) is 5.08. The zero-order chi connectivity index (χ0) is 23.9. The minimum Gasteiger partial charge on any atom is -0.298 e. The lowest BCUT2D eigenvalue weighted by molar-refractivity contribution is 0.254. The van der Waals surface area contributed by atoms with Gasteiger partial charge in [0.1, 0.15) is 16.0 Å². The lowest BCUT2D eigenvalue weighted by Gasteiger charge is -2.13. The molecule has 0 aliphatic heterocycles. The molecule has 3 aromatic heterocycles. The summed E-state index contributed by atoms with van der Waals surface area (Å²) in [5.41, 5.74) is 9.47. The van der Waals surface area contributed by atoms with Gasteiger partial charge in [-0.15, -0.1) is 11.3 Å². The predicted octanol–water partition coefficient (Wildman–Crippen LogP) is 6.72. The van der Waals surface area contributed by atoms with Crippen LogP contribution in [0.1, 0.15) is 31.0 Å². The molecule has 1 aromatic carbocycles. The number of urea groups is 1. The second-order valence-corrected chi connectivity index (χ2v) is 9.85. The molecule has 0 saturated carbocycles. The number of amides is 2. The van der Waals surface area contributed by atoms with E-state index in [0.29, 0.717) is 26.3 Å². The molecule has 4 rings (SSSR count). The first-order valence-electron chi connectivity index (χ1n) is 10.1. The number of anilines is 2. The Bertz CT molecular complexity index is 1370. The predicted molar refractivity (Wildman–Crippen MR) is 133 cm³/mol. The van der Waals surface area contributed by atoms with Crippen LogP contribution in [-0.4, -0.2) is 20.8 Å². The third-order valence-corrected chi connectivity index (χ3v) is 6.64. The number of carbonyl (C=O) groups excluding carboxylic acids is 1. The molecule has 3 N–H and O–H groups in total. The molecule has 11 heteroatoms. The highest BCUT2D eigenvalue weighted by Crippen LogP contribution is 2.39. The number of nitrogens with one attached hydrogen (secondary N) is 3. The van der Waals surface area contributed by atoms with Gasteiger partial charge in [0.05, 0.1) is 15.7 Å². The molecule has 0 aliphatic rings. The van der Waals surface area contributed by atoms with E-state index < -0.39 is 11.8 Å². The van der Waals surface area contributed by atoms with Crippen LogP contribution in [0, 0.1) is 12.7 Å². The normalized spacial score (nSPS) is 11.3. The van der Waals surface area contributed by atoms with E-state index >= 15 is 0 Å². The summed E-state index contributed by atoms with van der Waals surface area (Å²) >= 11 is 13.4. The summed E-state index contributed by atoms with van der Waals surface area (Å²) < 4.78 is 15.6. The largest absolute Gasteiger partial charge is 0.338 e. The molecule has 33 heavy (non-hydrogen) atoms. The summed E-state index contributed by atoms with van der Waals surface area (Å²) in [6.45, 7) is 6.14. The molecule has 3 heterocycles. The van der Waals surface area contributed by atoms with E-state index in [0.717, 1.165) is 22.3 Å². The number of hydrazine groups is 1. The molecule has 0 radical (unpaired) electrons. The van der Waals surface area contributed by atoms with E-state index in [-0.39, 0.29) is 10.9 Å². The Morgan fingerprint density at radius 3 is 2.67 bits per heavy atom. The number of nitrogens with zero attached hydrogens (tertiary/aromatic N) is 3. The Balaban J connectivity index is 1.48. The van der Waals surface area contributed by atoms with Crippen molar-refractivity contribution in [1.82, 2.24) is 20.2 Å². The van der Waals surface area contributed by atoms with Crippen molar-refractivity contribution >= 4 is 62.4 Å². The summed E-state index contributed by atoms with van der Waals surface area (Å²) in [7, 11) is 1.84. The number of benzene rings is 1. The average Bonchev–Trinajstić information content (AvgIpc) is 3.26. The van der Waals surface area contributed by atoms with Crippen LogP contribution in [0.5, 0.6) is 0 Å². The summed E-state index contributed by atoms with van der Waals surface area (Å²) in [5.74, 6) is 0.235. The minimum absolute atomic E-state index is 0.0000656. The molecule has 4 aromatic rings. The van der Waals surface area contributed by atoms with Crippen LogP contribution in [0.25, 0.3) is 22.2 Å². The number of fused-ring (bicyclic) bond motifs is 1. The highest BCUT2D eigenvalue weighted by Gasteiger charge is 2.17. The third kappa shape index (κ3) is 4.75. The van der Waals surface area contributed by atoms with E-state index in [2.05, 4.69) is 40.1 Å². The Morgan fingerprint density at radius 2 is 1.97 bits per heavy atom. The molecule has 0 saturated heterocycles. The highest BCUT2D eigenvalue weighted by atomic mass is 35.5. The maximum atomic E-state index is 13.5. The van der Waals surface area contributed by atoms with Crippen LogP contribution in [0.15, 0.2) is 30.3 Å². The lowest BCUT2D eigenvalue weighted by atomic mass is 10.00. The van der Waals surface area contributed by atoms with Gasteiger partial charge in [-0.25, -0.2) is 14.2 Å². The van der Waals surface area contributed by atoms with Crippen LogP contribution >= 0.6 is 34.5 Å². The number of pyridine rings is 1. The van der Waals surface area contributed by atoms with E-state index in [4.69, 9.17) is 23.2 Å². The summed E-state index contributed by atoms with van der Waals surface area (Å²) in [6.07, 6.45) is 0. The number of aromatic nitrogens is 3. The standard InChI is InChI=1S/C22H21Cl2FN6OS/c1-10(2)13-8-17(26-21-19(13)11(3)30-31(21)4)28-29-22(32)27-18-9-14(20(24)33-18)12-5-6-16(25)15(23)7-12/h5-10H,1-4H3,(H,26,28)(H2,27,29,32). The van der Waals surface area contributed by atoms with Gasteiger partial charge >= 0.3 is 6.03 Å². The number of carbonyl (C=O) groups is 1. The molecule has 0 aliphatic carbocycles. The number of halogens is 3. The van der Waals surface area contributed by atoms with Gasteiger partial charge in [-0.2, -0.15) is 5.10 Å². The Morgan fingerprint density at radius 1 is 1.21 bits per heavy atom. The van der Waals surface area contributed by atoms with E-state index in [9.17, 15) is 9.18 Å². The number of hydrogen-bond donors (Lipinski definition) is 3. The molecular weight excluding hydrogens is 486 g/mol. The fourth-order valence-electron chi connectivity index (χ4n) is 3.55. The van der Waals surface area contributed by atoms with Crippen molar-refractivity contribution in [3.05, 3.63) is 56.8 Å². The number of thiophene rings is 1. The van der Waals surface area contributed by atoms with E-state index in [1.807, 2.05) is 20.0 Å². The topological polar surface area (TPSA) is 83.9 Å². The monoisotopic (exact) mass is 506 g/mol. The van der Waals surface area contributed by atoms with Gasteiger partial charge in [0, 0.05) is 18.0 Å². The second-order valence-electron chi connectivity index (χ2n) is 7.79. The fraction of sp³-hybridized carbons (Fsp3) is 0.227. The maximum Gasteiger partial charge on any atom is 0.338 e. The van der Waals surface area contributed by atoms with Crippen molar-refractivity contribution in [2.75, 3.05) is 10.7 Å². The SMILES string of the molecule is Cc1nn(C)c2nc(NNC(=O)Nc3cc(-c4ccc(F)c(Cl)c4)c(Cl)s3)cc(C(C)C)c12. The van der Waals surface area contributed by atoms with Crippen LogP contribution in [-0.2, 0) is 7.05 Å². The second kappa shape index (κ2) is 9.17. The number of aryl methyl sites for hydroxylation is 2. The smallest absolute Gasteiger partial charge is 0.298 e. The molecular formula is C22H21Cl2FN6OS. The number of hydrogen-bond acceptors (Lipinski definition) is 5. The summed E-state index contributed by atoms with van der Waals surface area (Å²) in [6, 6.07) is 7.45. The first-order valence-corrected chi connectivity index (χ1v) is 11.6. The zero-order valence-corrected chi connectivity index (χ0v) is 20.6. The Hall–Kier alpha value is -2.88. The molecule has 7 nitrogen and oxygen atoms in total. The first kappa shape index (κ1) is 23.3. The van der Waals surface area contributed by atoms with Gasteiger partial charge in [0.2, 0.25) is 0 Å². The lowest BCUT2D eigenvalue weighted by Crippen LogP contribution is -2.33. The van der Waals surface area contributed by atoms with Crippen LogP contribution in [0.2, 0.25) is 9.36 Å². The molecule has 0 fully saturated rings. The van der Waals surface area contributed by atoms with Crippen molar-refractivity contribution in [2.24, 2.45) is 7.05 Å². The average molecular weight is 507 g/mol. The van der Waals surface area contributed by atoms with Crippen molar-refractivity contribution in [3.8, 4) is 11.1 Å². The van der Waals surface area contributed by atoms with Gasteiger partial charge in [-0.1, -0.05) is 43.1 Å². The molecule has 0 unspecified atom stereocenters. The minimum atomic E-state index is -0.510. The van der Waals surface area contributed by atoms with Gasteiger partial charge in [-0.3, -0.25) is 20.9 Å². The Labute approximate surface area is 203 Å². The molecule has 0 atom stereocenters. The summed E-state index contributed by atoms with van der Waals surface area (Å²) in [4.78, 5) is 17.0. The van der Waals surface area contributed by atoms with E-state index in [1.165, 1.54) is 23.5 Å². The molecule has 0 spiro atoms. The van der Waals surface area contributed by atoms with Crippen molar-refractivity contribution < 1.29 is 9.18 Å².